The molecule has 6 rings (SSSR count). The van der Waals surface area contributed by atoms with Crippen LogP contribution >= 0.6 is 0 Å². The summed E-state index contributed by atoms with van der Waals surface area (Å²) in [6.07, 6.45) is 10.0. The van der Waals surface area contributed by atoms with Gasteiger partial charge in [-0.3, -0.25) is 6.08 Å². The van der Waals surface area contributed by atoms with E-state index in [9.17, 15) is 0 Å². The molecule has 0 heterocycles. The molecular formula is C49H60Cl2Zr-2. The van der Waals surface area contributed by atoms with Crippen LogP contribution in [0.2, 0.25) is 0 Å². The van der Waals surface area contributed by atoms with Crippen LogP contribution in [0, 0.1) is 19.9 Å². The molecule has 0 fully saturated rings. The smallest absolute Gasteiger partial charge is 0.0142 e. The standard InChI is InChI=1S/C23H29.C21H26.C5H5.2ClH.Zr/c1-14-9-16-11-17-10-15(2)21(23(6,7)8)13-19(17)18(16)12-20(14)22(3,4)5;1-20(2,3)18-11-7-16(8-12-18)15-17-9-13-19(14-10-17)21(4,5)6;1-2-4-5-3-1;;;/h9-13H,1-8H3;7-14H,1-6H3;1-3H,4H2;2*1H;/q-1;;-1;;;+2/p-2. The molecule has 5 aromatic rings. The molecule has 0 saturated heterocycles. The molecule has 0 aliphatic heterocycles. The number of halogens is 2. The first-order chi connectivity index (χ1) is 23.1. The second kappa shape index (κ2) is 17.8. The van der Waals surface area contributed by atoms with Crippen molar-refractivity contribution in [1.29, 1.82) is 0 Å². The van der Waals surface area contributed by atoms with Crippen molar-refractivity contribution in [2.24, 2.45) is 0 Å². The van der Waals surface area contributed by atoms with Crippen LogP contribution in [0.3, 0.4) is 0 Å². The van der Waals surface area contributed by atoms with Crippen molar-refractivity contribution in [3.63, 3.8) is 0 Å². The van der Waals surface area contributed by atoms with E-state index in [0.29, 0.717) is 0 Å². The fourth-order valence-corrected chi connectivity index (χ4v) is 7.55. The van der Waals surface area contributed by atoms with Gasteiger partial charge in [0.1, 0.15) is 0 Å². The molecule has 0 radical (unpaired) electrons. The zero-order valence-electron chi connectivity index (χ0n) is 34.2. The van der Waals surface area contributed by atoms with Crippen molar-refractivity contribution < 1.29 is 49.0 Å². The maximum Gasteiger partial charge on any atom is -0.0142 e. The average molecular weight is 811 g/mol. The third-order valence-corrected chi connectivity index (χ3v) is 11.1. The van der Waals surface area contributed by atoms with Crippen molar-refractivity contribution in [2.45, 2.75) is 125 Å². The zero-order valence-corrected chi connectivity index (χ0v) is 38.2. The molecule has 0 unspecified atom stereocenters. The van der Waals surface area contributed by atoms with Crippen LogP contribution < -0.4 is 24.8 Å². The predicted molar refractivity (Wildman–Crippen MR) is 219 cm³/mol. The molecule has 0 bridgehead atoms. The van der Waals surface area contributed by atoms with Crippen molar-refractivity contribution in [3.05, 3.63) is 148 Å². The van der Waals surface area contributed by atoms with Gasteiger partial charge in [0, 0.05) is 0 Å². The summed E-state index contributed by atoms with van der Waals surface area (Å²) in [5.41, 5.74) is 12.0. The molecule has 52 heavy (non-hydrogen) atoms. The third-order valence-electron chi connectivity index (χ3n) is 9.68. The fourth-order valence-electron chi connectivity index (χ4n) is 6.73. The van der Waals surface area contributed by atoms with Crippen LogP contribution in [0.25, 0.3) is 21.5 Å². The van der Waals surface area contributed by atoms with E-state index in [1.165, 1.54) is 93.5 Å². The van der Waals surface area contributed by atoms with E-state index in [1.54, 1.807) is 0 Å². The number of fused-ring (bicyclic) bond motifs is 3. The predicted octanol–water partition coefficient (Wildman–Crippen LogP) is 7.63. The SMILES string of the molecule is CC(C)(C)c1ccc([C](=[Zr+2])c2ccc(C(C)(C)C)cc2)cc1.Cc1cc2[cH-]c3cc(C)c(C(C)(C)C)cc3c2cc1C(C)(C)C.[C-]1=CC=CC1.[Cl-].[Cl-]. The molecule has 3 heteroatoms. The summed E-state index contributed by atoms with van der Waals surface area (Å²) in [6.45, 7) is 31.9. The minimum Gasteiger partial charge on any atom is -1.00 e. The number of hydrogen-bond acceptors (Lipinski definition) is 0. The van der Waals surface area contributed by atoms with E-state index in [0.717, 1.165) is 6.42 Å². The van der Waals surface area contributed by atoms with Crippen LogP contribution in [0.4, 0.5) is 0 Å². The van der Waals surface area contributed by atoms with Crippen molar-refractivity contribution >= 4 is 24.8 Å². The molecule has 0 N–H and O–H groups in total. The molecule has 276 valence electrons. The van der Waals surface area contributed by atoms with Crippen LogP contribution in [0.15, 0.2) is 97.1 Å². The summed E-state index contributed by atoms with van der Waals surface area (Å²) < 4.78 is 1.42. The summed E-state index contributed by atoms with van der Waals surface area (Å²) in [4.78, 5) is 0. The largest absolute Gasteiger partial charge is 1.00 e. The quantitative estimate of drug-likeness (QED) is 0.161. The van der Waals surface area contributed by atoms with Crippen LogP contribution in [-0.4, -0.2) is 3.21 Å². The summed E-state index contributed by atoms with van der Waals surface area (Å²) >= 11 is 1.46. The topological polar surface area (TPSA) is 0 Å². The Morgan fingerprint density at radius 1 is 0.558 bits per heavy atom. The van der Waals surface area contributed by atoms with Gasteiger partial charge in [0.25, 0.3) is 0 Å². The van der Waals surface area contributed by atoms with Gasteiger partial charge in [-0.15, -0.1) is 46.2 Å². The molecular weight excluding hydrogens is 751 g/mol. The second-order valence-corrected chi connectivity index (χ2v) is 19.4. The van der Waals surface area contributed by atoms with Crippen molar-refractivity contribution in [1.82, 2.24) is 0 Å². The summed E-state index contributed by atoms with van der Waals surface area (Å²) in [5, 5.41) is 5.55. The zero-order chi connectivity index (χ0) is 37.2. The molecule has 5 aromatic carbocycles. The second-order valence-electron chi connectivity index (χ2n) is 18.2. The Hall–Kier alpha value is -2.44. The maximum absolute atomic E-state index is 2.99. The van der Waals surface area contributed by atoms with Gasteiger partial charge >= 0.3 is 151 Å². The third kappa shape index (κ3) is 11.5. The van der Waals surface area contributed by atoms with Gasteiger partial charge in [0.15, 0.2) is 0 Å². The van der Waals surface area contributed by atoms with E-state index < -0.39 is 0 Å². The minimum absolute atomic E-state index is 0. The summed E-state index contributed by atoms with van der Waals surface area (Å²) in [7, 11) is 0. The Labute approximate surface area is 344 Å². The molecule has 0 saturated carbocycles. The van der Waals surface area contributed by atoms with Crippen molar-refractivity contribution in [3.8, 4) is 0 Å². The van der Waals surface area contributed by atoms with E-state index in [-0.39, 0.29) is 46.5 Å². The monoisotopic (exact) mass is 808 g/mol. The van der Waals surface area contributed by atoms with Gasteiger partial charge in [0.2, 0.25) is 0 Å². The first kappa shape index (κ1) is 45.7. The maximum atomic E-state index is 2.99. The molecule has 0 aromatic heterocycles. The number of rotatable bonds is 2. The summed E-state index contributed by atoms with van der Waals surface area (Å²) in [5.74, 6) is 0. The van der Waals surface area contributed by atoms with E-state index >= 15 is 0 Å². The van der Waals surface area contributed by atoms with Gasteiger partial charge in [-0.05, 0) is 24.7 Å². The molecule has 0 atom stereocenters. The Bertz CT molecular complexity index is 1860. The Balaban J connectivity index is 0.000000307. The number of allylic oxidation sites excluding steroid dienone is 4. The Morgan fingerprint density at radius 2 is 0.923 bits per heavy atom. The molecule has 0 nitrogen and oxygen atoms in total. The minimum atomic E-state index is 0. The van der Waals surface area contributed by atoms with Gasteiger partial charge in [-0.1, -0.05) is 75.9 Å². The number of aryl methyl sites for hydroxylation is 2. The first-order valence-corrected chi connectivity index (χ1v) is 19.5. The van der Waals surface area contributed by atoms with E-state index in [2.05, 4.69) is 188 Å². The van der Waals surface area contributed by atoms with Crippen LogP contribution in [0.1, 0.15) is 134 Å². The number of benzene rings is 4. The summed E-state index contributed by atoms with van der Waals surface area (Å²) in [6, 6.07) is 30.1. The fraction of sp³-hybridized carbons (Fsp3) is 0.388. The Morgan fingerprint density at radius 3 is 1.17 bits per heavy atom. The Kier molecular flexibility index (Phi) is 15.6. The van der Waals surface area contributed by atoms with Gasteiger partial charge < -0.3 is 24.8 Å². The van der Waals surface area contributed by atoms with E-state index in [1.807, 2.05) is 12.2 Å². The van der Waals surface area contributed by atoms with Crippen molar-refractivity contribution in [2.75, 3.05) is 0 Å². The molecule has 0 spiro atoms. The van der Waals surface area contributed by atoms with Gasteiger partial charge in [-0.2, -0.15) is 6.08 Å². The van der Waals surface area contributed by atoms with E-state index in [4.69, 9.17) is 0 Å². The van der Waals surface area contributed by atoms with Gasteiger partial charge in [-0.25, -0.2) is 12.2 Å². The normalized spacial score (nSPS) is 12.8. The molecule has 0 amide bonds. The first-order valence-electron chi connectivity index (χ1n) is 18.2. The van der Waals surface area contributed by atoms with Crippen LogP contribution in [-0.2, 0) is 45.9 Å². The van der Waals surface area contributed by atoms with Gasteiger partial charge in [0.05, 0.1) is 0 Å². The molecule has 1 aliphatic carbocycles. The van der Waals surface area contributed by atoms with Crippen LogP contribution in [0.5, 0.6) is 0 Å². The average Bonchev–Trinajstić information content (AvgIpc) is 3.70. The molecule has 1 aliphatic rings. The number of hydrogen-bond donors (Lipinski definition) is 0.